The number of hydrogen-bond acceptors (Lipinski definition) is 2. The smallest absolute Gasteiger partial charge is 0.222 e. The van der Waals surface area contributed by atoms with Crippen LogP contribution < -0.4 is 5.32 Å². The van der Waals surface area contributed by atoms with Gasteiger partial charge < -0.3 is 10.4 Å². The standard InChI is InChI=1S/C8H11NO2/c1-5(4-10)6(2)7-3-8(11)9-7/h7,10H,1-4H2,(H,9,11). The summed E-state index contributed by atoms with van der Waals surface area (Å²) in [5.74, 6) is 0.0295. The molecule has 1 saturated heterocycles. The van der Waals surface area contributed by atoms with Crippen LogP contribution in [0.4, 0.5) is 0 Å². The second-order valence-electron chi connectivity index (χ2n) is 2.61. The molecule has 3 nitrogen and oxygen atoms in total. The van der Waals surface area contributed by atoms with Crippen LogP contribution >= 0.6 is 0 Å². The number of rotatable bonds is 3. The van der Waals surface area contributed by atoms with E-state index in [2.05, 4.69) is 18.5 Å². The Morgan fingerprint density at radius 2 is 2.27 bits per heavy atom. The van der Waals surface area contributed by atoms with Gasteiger partial charge >= 0.3 is 0 Å². The molecule has 0 spiro atoms. The molecule has 1 heterocycles. The third-order valence-electron chi connectivity index (χ3n) is 1.79. The maximum Gasteiger partial charge on any atom is 0.222 e. The minimum Gasteiger partial charge on any atom is -0.392 e. The second-order valence-corrected chi connectivity index (χ2v) is 2.61. The quantitative estimate of drug-likeness (QED) is 0.442. The first-order valence-corrected chi connectivity index (χ1v) is 3.42. The zero-order valence-corrected chi connectivity index (χ0v) is 6.26. The Hall–Kier alpha value is -1.09. The van der Waals surface area contributed by atoms with E-state index in [9.17, 15) is 4.79 Å². The monoisotopic (exact) mass is 153 g/mol. The Kier molecular flexibility index (Phi) is 2.10. The highest BCUT2D eigenvalue weighted by Crippen LogP contribution is 2.18. The summed E-state index contributed by atoms with van der Waals surface area (Å²) in [5, 5.41) is 11.3. The van der Waals surface area contributed by atoms with E-state index in [0.29, 0.717) is 12.0 Å². The zero-order chi connectivity index (χ0) is 8.43. The van der Waals surface area contributed by atoms with Crippen molar-refractivity contribution in [2.75, 3.05) is 6.61 Å². The van der Waals surface area contributed by atoms with Gasteiger partial charge in [-0.05, 0) is 11.1 Å². The highest BCUT2D eigenvalue weighted by atomic mass is 16.3. The van der Waals surface area contributed by atoms with Crippen molar-refractivity contribution in [3.8, 4) is 0 Å². The Morgan fingerprint density at radius 3 is 2.64 bits per heavy atom. The molecule has 0 saturated carbocycles. The summed E-state index contributed by atoms with van der Waals surface area (Å²) in [5.41, 5.74) is 1.32. The molecule has 0 bridgehead atoms. The summed E-state index contributed by atoms with van der Waals surface area (Å²) < 4.78 is 0. The molecular formula is C8H11NO2. The molecule has 1 rings (SSSR count). The van der Waals surface area contributed by atoms with E-state index in [1.807, 2.05) is 0 Å². The summed E-state index contributed by atoms with van der Waals surface area (Å²) in [4.78, 5) is 10.5. The minimum absolute atomic E-state index is 0.00199. The van der Waals surface area contributed by atoms with Crippen LogP contribution in [0.1, 0.15) is 6.42 Å². The van der Waals surface area contributed by atoms with Crippen LogP contribution in [0.2, 0.25) is 0 Å². The fourth-order valence-corrected chi connectivity index (χ4v) is 0.917. The molecule has 0 aromatic heterocycles. The van der Waals surface area contributed by atoms with Gasteiger partial charge in [-0.3, -0.25) is 4.79 Å². The molecule has 1 fully saturated rings. The van der Waals surface area contributed by atoms with Gasteiger partial charge in [-0.2, -0.15) is 0 Å². The van der Waals surface area contributed by atoms with Crippen molar-refractivity contribution in [2.24, 2.45) is 0 Å². The topological polar surface area (TPSA) is 49.3 Å². The first-order valence-electron chi connectivity index (χ1n) is 3.42. The van der Waals surface area contributed by atoms with Crippen LogP contribution in [0, 0.1) is 0 Å². The lowest BCUT2D eigenvalue weighted by atomic mass is 9.94. The Labute approximate surface area is 65.4 Å². The molecular weight excluding hydrogens is 142 g/mol. The summed E-state index contributed by atoms with van der Waals surface area (Å²) in [6.45, 7) is 7.22. The molecule has 0 aromatic carbocycles. The maximum absolute atomic E-state index is 10.5. The average molecular weight is 153 g/mol. The largest absolute Gasteiger partial charge is 0.392 e. The Balaban J connectivity index is 2.44. The number of aliphatic hydroxyl groups is 1. The molecule has 0 radical (unpaired) electrons. The van der Waals surface area contributed by atoms with Crippen LogP contribution in [0.3, 0.4) is 0 Å². The van der Waals surface area contributed by atoms with Gasteiger partial charge in [0.05, 0.1) is 19.1 Å². The van der Waals surface area contributed by atoms with Crippen LogP contribution in [0.5, 0.6) is 0 Å². The lowest BCUT2D eigenvalue weighted by molar-refractivity contribution is -0.127. The Morgan fingerprint density at radius 1 is 1.73 bits per heavy atom. The first kappa shape index (κ1) is 8.01. The number of carbonyl (C=O) groups is 1. The van der Waals surface area contributed by atoms with Crippen molar-refractivity contribution >= 4 is 5.91 Å². The number of aliphatic hydroxyl groups excluding tert-OH is 1. The molecule has 1 unspecified atom stereocenters. The van der Waals surface area contributed by atoms with E-state index in [4.69, 9.17) is 5.11 Å². The Bertz CT molecular complexity index is 212. The summed E-state index contributed by atoms with van der Waals surface area (Å²) >= 11 is 0. The molecule has 3 heteroatoms. The SMILES string of the molecule is C=C(CO)C(=C)C1CC(=O)N1. The van der Waals surface area contributed by atoms with Crippen molar-refractivity contribution in [1.29, 1.82) is 0 Å². The first-order chi connectivity index (χ1) is 5.15. The van der Waals surface area contributed by atoms with E-state index in [-0.39, 0.29) is 18.6 Å². The second kappa shape index (κ2) is 2.88. The summed E-state index contributed by atoms with van der Waals surface area (Å²) in [7, 11) is 0. The number of carbonyl (C=O) groups excluding carboxylic acids is 1. The molecule has 0 aromatic rings. The number of nitrogens with one attached hydrogen (secondary N) is 1. The number of β-lactam (4-membered cyclic amide) rings is 1. The van der Waals surface area contributed by atoms with Crippen LogP contribution in [-0.4, -0.2) is 23.7 Å². The lowest BCUT2D eigenvalue weighted by Gasteiger charge is -2.29. The molecule has 2 N–H and O–H groups in total. The fourth-order valence-electron chi connectivity index (χ4n) is 0.917. The normalized spacial score (nSPS) is 21.9. The number of hydrogen-bond donors (Lipinski definition) is 2. The minimum atomic E-state index is -0.0921. The van der Waals surface area contributed by atoms with Crippen molar-refractivity contribution in [3.05, 3.63) is 24.3 Å². The molecule has 60 valence electrons. The van der Waals surface area contributed by atoms with Gasteiger partial charge in [0, 0.05) is 0 Å². The van der Waals surface area contributed by atoms with E-state index in [0.717, 1.165) is 5.57 Å². The van der Waals surface area contributed by atoms with Gasteiger partial charge in [0.15, 0.2) is 0 Å². The van der Waals surface area contributed by atoms with Gasteiger partial charge in [-0.15, -0.1) is 0 Å². The van der Waals surface area contributed by atoms with E-state index in [1.165, 1.54) is 0 Å². The molecule has 0 aliphatic carbocycles. The van der Waals surface area contributed by atoms with Crippen molar-refractivity contribution in [1.82, 2.24) is 5.32 Å². The molecule has 1 aliphatic rings. The van der Waals surface area contributed by atoms with Crippen LogP contribution in [0.25, 0.3) is 0 Å². The van der Waals surface area contributed by atoms with Crippen molar-refractivity contribution < 1.29 is 9.90 Å². The van der Waals surface area contributed by atoms with Gasteiger partial charge in [0.25, 0.3) is 0 Å². The van der Waals surface area contributed by atoms with Crippen molar-refractivity contribution in [2.45, 2.75) is 12.5 Å². The van der Waals surface area contributed by atoms with Gasteiger partial charge in [0.2, 0.25) is 5.91 Å². The van der Waals surface area contributed by atoms with Crippen LogP contribution in [-0.2, 0) is 4.79 Å². The van der Waals surface area contributed by atoms with E-state index in [1.54, 1.807) is 0 Å². The third-order valence-corrected chi connectivity index (χ3v) is 1.79. The maximum atomic E-state index is 10.5. The zero-order valence-electron chi connectivity index (χ0n) is 6.26. The molecule has 11 heavy (non-hydrogen) atoms. The third kappa shape index (κ3) is 1.49. The highest BCUT2D eigenvalue weighted by molar-refractivity contribution is 5.84. The summed E-state index contributed by atoms with van der Waals surface area (Å²) in [6, 6.07) is 0.00199. The van der Waals surface area contributed by atoms with Crippen molar-refractivity contribution in [3.63, 3.8) is 0 Å². The molecule has 1 atom stereocenters. The predicted octanol–water partition coefficient (Wildman–Crippen LogP) is -0.0204. The summed E-state index contributed by atoms with van der Waals surface area (Å²) in [6.07, 6.45) is 0.470. The fraction of sp³-hybridized carbons (Fsp3) is 0.375. The van der Waals surface area contributed by atoms with Gasteiger partial charge in [0.1, 0.15) is 0 Å². The van der Waals surface area contributed by atoms with Gasteiger partial charge in [-0.25, -0.2) is 0 Å². The van der Waals surface area contributed by atoms with E-state index >= 15 is 0 Å². The molecule has 1 aliphatic heterocycles. The lowest BCUT2D eigenvalue weighted by Crippen LogP contribution is -2.49. The van der Waals surface area contributed by atoms with E-state index < -0.39 is 0 Å². The predicted molar refractivity (Wildman–Crippen MR) is 41.9 cm³/mol. The average Bonchev–Trinajstić information content (AvgIpc) is 1.96. The van der Waals surface area contributed by atoms with Gasteiger partial charge in [-0.1, -0.05) is 13.2 Å². The van der Waals surface area contributed by atoms with Crippen LogP contribution in [0.15, 0.2) is 24.3 Å². The molecule has 1 amide bonds. The number of amides is 1. The highest BCUT2D eigenvalue weighted by Gasteiger charge is 2.28.